The van der Waals surface area contributed by atoms with Gasteiger partial charge in [-0.3, -0.25) is 9.59 Å². The number of carbonyl (C=O) groups is 2. The van der Waals surface area contributed by atoms with Crippen molar-refractivity contribution in [3.8, 4) is 0 Å². The average molecular weight is 407 g/mol. The van der Waals surface area contributed by atoms with Crippen LogP contribution in [0.3, 0.4) is 0 Å². The van der Waals surface area contributed by atoms with Gasteiger partial charge in [0.2, 0.25) is 11.8 Å². The molecule has 146 valence electrons. The molecule has 1 aromatic heterocycles. The number of halogens is 1. The fraction of sp³-hybridized carbons (Fsp3) is 0.429. The lowest BCUT2D eigenvalue weighted by Gasteiger charge is -2.28. The smallest absolute Gasteiger partial charge is 0.242 e. The molecule has 0 spiro atoms. The van der Waals surface area contributed by atoms with Crippen LogP contribution in [-0.2, 0) is 22.7 Å². The van der Waals surface area contributed by atoms with Crippen molar-refractivity contribution in [3.63, 3.8) is 0 Å². The van der Waals surface area contributed by atoms with Gasteiger partial charge in [-0.25, -0.2) is 0 Å². The molecular formula is C21H27ClN2O2S. The number of hydrogen-bond acceptors (Lipinski definition) is 3. The molecule has 2 aromatic rings. The van der Waals surface area contributed by atoms with E-state index in [1.807, 2.05) is 42.2 Å². The van der Waals surface area contributed by atoms with Crippen LogP contribution in [-0.4, -0.2) is 40.1 Å². The van der Waals surface area contributed by atoms with Gasteiger partial charge in [0.1, 0.15) is 5.38 Å². The molecule has 1 atom stereocenters. The van der Waals surface area contributed by atoms with Crippen LogP contribution < -0.4 is 0 Å². The first kappa shape index (κ1) is 21.5. The molecule has 0 saturated heterocycles. The first-order valence-electron chi connectivity index (χ1n) is 9.20. The third-order valence-corrected chi connectivity index (χ3v) is 5.36. The van der Waals surface area contributed by atoms with Crippen LogP contribution in [0.5, 0.6) is 0 Å². The third kappa shape index (κ3) is 6.67. The van der Waals surface area contributed by atoms with Crippen LogP contribution in [0, 0.1) is 6.92 Å². The predicted octanol–water partition coefficient (Wildman–Crippen LogP) is 4.45. The van der Waals surface area contributed by atoms with Gasteiger partial charge in [0.15, 0.2) is 0 Å². The number of alkyl halides is 1. The van der Waals surface area contributed by atoms with E-state index >= 15 is 0 Å². The molecule has 27 heavy (non-hydrogen) atoms. The molecule has 1 heterocycles. The van der Waals surface area contributed by atoms with Gasteiger partial charge < -0.3 is 9.80 Å². The van der Waals surface area contributed by atoms with Crippen LogP contribution in [0.2, 0.25) is 0 Å². The number of benzene rings is 1. The SMILES string of the molecule is CCCN(CC(=O)N(Cc1ccccc1)Cc1ccc(C)s1)C(=O)[C@@H](C)Cl. The van der Waals surface area contributed by atoms with Gasteiger partial charge in [0.05, 0.1) is 13.1 Å². The maximum absolute atomic E-state index is 13.1. The summed E-state index contributed by atoms with van der Waals surface area (Å²) in [6.07, 6.45) is 0.783. The van der Waals surface area contributed by atoms with Crippen molar-refractivity contribution in [1.29, 1.82) is 0 Å². The summed E-state index contributed by atoms with van der Waals surface area (Å²) in [5.74, 6) is -0.262. The second-order valence-electron chi connectivity index (χ2n) is 6.62. The van der Waals surface area contributed by atoms with Crippen LogP contribution in [0.15, 0.2) is 42.5 Å². The zero-order valence-electron chi connectivity index (χ0n) is 16.2. The molecule has 0 unspecified atom stereocenters. The molecule has 2 rings (SSSR count). The Bertz CT molecular complexity index is 746. The maximum Gasteiger partial charge on any atom is 0.242 e. The van der Waals surface area contributed by atoms with E-state index in [0.29, 0.717) is 19.6 Å². The summed E-state index contributed by atoms with van der Waals surface area (Å²) in [7, 11) is 0. The monoisotopic (exact) mass is 406 g/mol. The van der Waals surface area contributed by atoms with Crippen LogP contribution in [0.1, 0.15) is 35.6 Å². The van der Waals surface area contributed by atoms with Crippen molar-refractivity contribution in [2.24, 2.45) is 0 Å². The Kier molecular flexibility index (Phi) is 8.32. The van der Waals surface area contributed by atoms with E-state index in [-0.39, 0.29) is 18.4 Å². The Morgan fingerprint density at radius 1 is 1.07 bits per heavy atom. The summed E-state index contributed by atoms with van der Waals surface area (Å²) < 4.78 is 0. The molecule has 0 aliphatic carbocycles. The van der Waals surface area contributed by atoms with E-state index in [9.17, 15) is 9.59 Å². The largest absolute Gasteiger partial charge is 0.332 e. The van der Waals surface area contributed by atoms with Gasteiger partial charge in [0.25, 0.3) is 0 Å². The van der Waals surface area contributed by atoms with Crippen molar-refractivity contribution >= 4 is 34.8 Å². The molecule has 1 aromatic carbocycles. The third-order valence-electron chi connectivity index (χ3n) is 4.18. The molecule has 4 nitrogen and oxygen atoms in total. The maximum atomic E-state index is 13.1. The van der Waals surface area contributed by atoms with E-state index in [1.165, 1.54) is 4.88 Å². The minimum Gasteiger partial charge on any atom is -0.332 e. The molecule has 0 aliphatic rings. The van der Waals surface area contributed by atoms with Gasteiger partial charge >= 0.3 is 0 Å². The lowest BCUT2D eigenvalue weighted by molar-refractivity contribution is -0.141. The summed E-state index contributed by atoms with van der Waals surface area (Å²) >= 11 is 7.66. The number of nitrogens with zero attached hydrogens (tertiary/aromatic N) is 2. The van der Waals surface area contributed by atoms with Crippen LogP contribution in [0.25, 0.3) is 0 Å². The standard InChI is InChI=1S/C21H27ClN2O2S/c1-4-12-23(21(26)17(3)22)15-20(25)24(13-18-8-6-5-7-9-18)14-19-11-10-16(2)27-19/h5-11,17H,4,12-15H2,1-3H3/t17-/m1/s1. The highest BCUT2D eigenvalue weighted by molar-refractivity contribution is 7.11. The molecule has 0 bridgehead atoms. The molecular weight excluding hydrogens is 380 g/mol. The summed E-state index contributed by atoms with van der Waals surface area (Å²) in [6, 6.07) is 14.0. The Morgan fingerprint density at radius 3 is 2.33 bits per heavy atom. The molecule has 0 radical (unpaired) electrons. The predicted molar refractivity (Wildman–Crippen MR) is 112 cm³/mol. The summed E-state index contributed by atoms with van der Waals surface area (Å²) in [5.41, 5.74) is 1.07. The highest BCUT2D eigenvalue weighted by atomic mass is 35.5. The van der Waals surface area contributed by atoms with E-state index < -0.39 is 5.38 Å². The highest BCUT2D eigenvalue weighted by Crippen LogP contribution is 2.19. The minimum atomic E-state index is -0.633. The van der Waals surface area contributed by atoms with Crippen molar-refractivity contribution in [3.05, 3.63) is 57.8 Å². The normalized spacial score (nSPS) is 11.9. The Morgan fingerprint density at radius 2 is 1.78 bits per heavy atom. The number of thiophene rings is 1. The van der Waals surface area contributed by atoms with E-state index in [4.69, 9.17) is 11.6 Å². The molecule has 0 fully saturated rings. The van der Waals surface area contributed by atoms with Crippen molar-refractivity contribution in [2.75, 3.05) is 13.1 Å². The van der Waals surface area contributed by atoms with Crippen LogP contribution >= 0.6 is 22.9 Å². The Labute approximate surface area is 170 Å². The van der Waals surface area contributed by atoms with Gasteiger partial charge in [-0.1, -0.05) is 37.3 Å². The second kappa shape index (κ2) is 10.5. The first-order chi connectivity index (χ1) is 12.9. The molecule has 6 heteroatoms. The van der Waals surface area contributed by atoms with E-state index in [0.717, 1.165) is 16.9 Å². The summed E-state index contributed by atoms with van der Waals surface area (Å²) in [4.78, 5) is 31.1. The number of aryl methyl sites for hydroxylation is 1. The minimum absolute atomic E-state index is 0.0565. The van der Waals surface area contributed by atoms with E-state index in [1.54, 1.807) is 23.2 Å². The fourth-order valence-corrected chi connectivity index (χ4v) is 3.89. The number of amides is 2. The zero-order chi connectivity index (χ0) is 19.8. The fourth-order valence-electron chi connectivity index (χ4n) is 2.85. The van der Waals surface area contributed by atoms with Gasteiger partial charge in [-0.15, -0.1) is 22.9 Å². The van der Waals surface area contributed by atoms with Crippen molar-refractivity contribution in [2.45, 2.75) is 45.7 Å². The highest BCUT2D eigenvalue weighted by Gasteiger charge is 2.24. The summed E-state index contributed by atoms with van der Waals surface area (Å²) in [5, 5.41) is -0.633. The van der Waals surface area contributed by atoms with Crippen LogP contribution in [0.4, 0.5) is 0 Å². The number of carbonyl (C=O) groups excluding carboxylic acids is 2. The van der Waals surface area contributed by atoms with Crippen molar-refractivity contribution in [1.82, 2.24) is 9.80 Å². The molecule has 0 saturated carbocycles. The Balaban J connectivity index is 2.16. The second-order valence-corrected chi connectivity index (χ2v) is 8.65. The first-order valence-corrected chi connectivity index (χ1v) is 10.5. The molecule has 0 N–H and O–H groups in total. The van der Waals surface area contributed by atoms with E-state index in [2.05, 4.69) is 19.1 Å². The number of rotatable bonds is 9. The summed E-state index contributed by atoms with van der Waals surface area (Å²) in [6.45, 7) is 7.33. The lowest BCUT2D eigenvalue weighted by atomic mass is 10.2. The van der Waals surface area contributed by atoms with Crippen molar-refractivity contribution < 1.29 is 9.59 Å². The average Bonchev–Trinajstić information content (AvgIpc) is 3.05. The molecule has 0 aliphatic heterocycles. The quantitative estimate of drug-likeness (QED) is 0.577. The molecule has 2 amide bonds. The van der Waals surface area contributed by atoms with Gasteiger partial charge in [-0.2, -0.15) is 0 Å². The van der Waals surface area contributed by atoms with Gasteiger partial charge in [-0.05, 0) is 38.0 Å². The van der Waals surface area contributed by atoms with Gasteiger partial charge in [0, 0.05) is 22.8 Å². The zero-order valence-corrected chi connectivity index (χ0v) is 17.7. The lowest BCUT2D eigenvalue weighted by Crippen LogP contribution is -2.44. The topological polar surface area (TPSA) is 40.6 Å². The number of hydrogen-bond donors (Lipinski definition) is 0. The Hall–Kier alpha value is -1.85.